The van der Waals surface area contributed by atoms with Crippen LogP contribution < -0.4 is 11.1 Å². The van der Waals surface area contributed by atoms with Crippen molar-refractivity contribution in [3.63, 3.8) is 0 Å². The topological polar surface area (TPSA) is 136 Å². The van der Waals surface area contributed by atoms with Gasteiger partial charge in [0.15, 0.2) is 16.9 Å². The van der Waals surface area contributed by atoms with Crippen molar-refractivity contribution in [3.05, 3.63) is 214 Å². The first-order valence-electron chi connectivity index (χ1n) is 18.4. The van der Waals surface area contributed by atoms with Crippen LogP contribution in [-0.2, 0) is 29.6 Å². The third kappa shape index (κ3) is 7.31. The van der Waals surface area contributed by atoms with E-state index in [0.29, 0.717) is 11.3 Å². The minimum atomic E-state index is -1.29. The van der Waals surface area contributed by atoms with E-state index in [4.69, 9.17) is 15.3 Å². The number of nitrogen functional groups attached to an aromatic ring is 1. The Bertz CT molecular complexity index is 2360. The fourth-order valence-electron chi connectivity index (χ4n) is 7.14. The zero-order valence-corrected chi connectivity index (χ0v) is 32.6. The van der Waals surface area contributed by atoms with E-state index in [1.807, 2.05) is 152 Å². The van der Waals surface area contributed by atoms with Gasteiger partial charge in [-0.05, 0) is 16.7 Å². The minimum absolute atomic E-state index is 0.0916. The Balaban J connectivity index is 1.10. The molecule has 6 aromatic rings. The number of thioether (sulfide) groups is 1. The van der Waals surface area contributed by atoms with E-state index in [1.165, 1.54) is 16.7 Å². The normalized spacial score (nSPS) is 16.6. The molecule has 0 bridgehead atoms. The Kier molecular flexibility index (Phi) is 11.0. The Labute approximate surface area is 343 Å². The highest BCUT2D eigenvalue weighted by molar-refractivity contribution is 8.00. The number of anilines is 1. The number of rotatable bonds is 13. The number of aromatic nitrogens is 1. The highest BCUT2D eigenvalue weighted by Crippen LogP contribution is 2.43. The largest absolute Gasteiger partial charge is 0.448 e. The molecule has 1 unspecified atom stereocenters. The molecule has 5 aromatic carbocycles. The van der Waals surface area contributed by atoms with Crippen LogP contribution in [0.4, 0.5) is 5.13 Å². The molecule has 58 heavy (non-hydrogen) atoms. The fraction of sp³-hybridized carbons (Fsp3) is 0.109. The molecule has 0 radical (unpaired) electrons. The number of nitrogens with zero attached hydrogens (tertiary/aromatic N) is 3. The van der Waals surface area contributed by atoms with Crippen LogP contribution in [0.2, 0.25) is 0 Å². The second kappa shape index (κ2) is 16.8. The van der Waals surface area contributed by atoms with Gasteiger partial charge >= 0.3 is 5.97 Å². The molecule has 0 spiro atoms. The van der Waals surface area contributed by atoms with Crippen molar-refractivity contribution in [1.29, 1.82) is 0 Å². The van der Waals surface area contributed by atoms with Gasteiger partial charge in [-0.3, -0.25) is 14.5 Å². The fourth-order valence-corrected chi connectivity index (χ4v) is 9.02. The SMILES string of the molecule is C=CC1=C(C(=O)OC(c2ccccc2)c2ccccc2)N2C(=O)C(NC(=O)/C(=N\OC(c3ccccc3)(c3ccccc3)c3ccccc3)c3csc(N)n3)[C@H]2SC1. The monoisotopic (exact) mass is 803 g/mol. The molecule has 0 aliphatic carbocycles. The van der Waals surface area contributed by atoms with Crippen molar-refractivity contribution >= 4 is 51.7 Å². The molecule has 288 valence electrons. The number of allylic oxidation sites excluding steroid dienone is 1. The number of carbonyl (C=O) groups is 3. The Morgan fingerprint density at radius 1 is 0.828 bits per heavy atom. The lowest BCUT2D eigenvalue weighted by molar-refractivity contribution is -0.154. The summed E-state index contributed by atoms with van der Waals surface area (Å²) in [6.07, 6.45) is 0.833. The van der Waals surface area contributed by atoms with Gasteiger partial charge in [-0.15, -0.1) is 23.1 Å². The summed E-state index contributed by atoms with van der Waals surface area (Å²) in [6.45, 7) is 3.92. The molecule has 3 heterocycles. The molecule has 1 aromatic heterocycles. The first kappa shape index (κ1) is 38.1. The molecule has 10 nitrogen and oxygen atoms in total. The lowest BCUT2D eigenvalue weighted by atomic mass is 9.80. The van der Waals surface area contributed by atoms with Crippen LogP contribution in [0, 0.1) is 0 Å². The van der Waals surface area contributed by atoms with E-state index in [2.05, 4.69) is 22.0 Å². The molecule has 1 saturated heterocycles. The Hall–Kier alpha value is -6.76. The van der Waals surface area contributed by atoms with Gasteiger partial charge in [0.25, 0.3) is 11.8 Å². The molecular formula is C46H37N5O5S2. The molecule has 2 aliphatic rings. The van der Waals surface area contributed by atoms with Crippen molar-refractivity contribution in [2.45, 2.75) is 23.1 Å². The van der Waals surface area contributed by atoms with Crippen molar-refractivity contribution < 1.29 is 24.0 Å². The minimum Gasteiger partial charge on any atom is -0.448 e. The number of β-lactam (4-membered cyclic amide) rings is 1. The second-order valence-electron chi connectivity index (χ2n) is 13.4. The summed E-state index contributed by atoms with van der Waals surface area (Å²) in [6, 6.07) is 46.6. The molecular weight excluding hydrogens is 767 g/mol. The van der Waals surface area contributed by atoms with E-state index in [-0.39, 0.29) is 22.2 Å². The third-order valence-electron chi connectivity index (χ3n) is 9.95. The van der Waals surface area contributed by atoms with E-state index < -0.39 is 40.9 Å². The maximum Gasteiger partial charge on any atom is 0.356 e. The van der Waals surface area contributed by atoms with E-state index >= 15 is 0 Å². The number of thiazole rings is 1. The van der Waals surface area contributed by atoms with Crippen LogP contribution in [0.25, 0.3) is 0 Å². The van der Waals surface area contributed by atoms with Gasteiger partial charge in [-0.1, -0.05) is 169 Å². The molecule has 12 heteroatoms. The van der Waals surface area contributed by atoms with Gasteiger partial charge in [0, 0.05) is 27.8 Å². The summed E-state index contributed by atoms with van der Waals surface area (Å²) >= 11 is 2.54. The number of fused-ring (bicyclic) bond motifs is 1. The summed E-state index contributed by atoms with van der Waals surface area (Å²) in [5.41, 5.74) is 9.25. The van der Waals surface area contributed by atoms with Gasteiger partial charge < -0.3 is 20.6 Å². The van der Waals surface area contributed by atoms with Gasteiger partial charge in [0.1, 0.15) is 22.8 Å². The first-order chi connectivity index (χ1) is 28.4. The van der Waals surface area contributed by atoms with Crippen molar-refractivity contribution in [1.82, 2.24) is 15.2 Å². The van der Waals surface area contributed by atoms with Crippen molar-refractivity contribution in [3.8, 4) is 0 Å². The summed E-state index contributed by atoms with van der Waals surface area (Å²) in [4.78, 5) is 55.0. The Morgan fingerprint density at radius 3 is 1.79 bits per heavy atom. The predicted octanol–water partition coefficient (Wildman–Crippen LogP) is 7.61. The number of oxime groups is 1. The smallest absolute Gasteiger partial charge is 0.356 e. The van der Waals surface area contributed by atoms with Gasteiger partial charge in [0.2, 0.25) is 5.60 Å². The number of hydrogen-bond donors (Lipinski definition) is 2. The molecule has 2 amide bonds. The van der Waals surface area contributed by atoms with Crippen LogP contribution in [0.3, 0.4) is 0 Å². The zero-order chi connectivity index (χ0) is 40.1. The quantitative estimate of drug-likeness (QED) is 0.0401. The van der Waals surface area contributed by atoms with Gasteiger partial charge in [-0.2, -0.15) is 0 Å². The summed E-state index contributed by atoms with van der Waals surface area (Å²) in [5, 5.41) is 8.66. The summed E-state index contributed by atoms with van der Waals surface area (Å²) < 4.78 is 6.19. The van der Waals surface area contributed by atoms with E-state index in [1.54, 1.807) is 11.5 Å². The van der Waals surface area contributed by atoms with Crippen LogP contribution in [0.1, 0.15) is 39.6 Å². The highest BCUT2D eigenvalue weighted by Gasteiger charge is 2.55. The van der Waals surface area contributed by atoms with Crippen LogP contribution in [0.15, 0.2) is 186 Å². The highest BCUT2D eigenvalue weighted by atomic mass is 32.2. The average Bonchev–Trinajstić information content (AvgIpc) is 3.72. The number of amides is 2. The molecule has 2 atom stereocenters. The molecule has 0 saturated carbocycles. The van der Waals surface area contributed by atoms with Crippen molar-refractivity contribution in [2.75, 3.05) is 11.5 Å². The molecule has 1 fully saturated rings. The second-order valence-corrected chi connectivity index (χ2v) is 15.4. The maximum absolute atomic E-state index is 14.4. The number of hydrogen-bond acceptors (Lipinski definition) is 10. The Morgan fingerprint density at radius 2 is 1.33 bits per heavy atom. The summed E-state index contributed by atoms with van der Waals surface area (Å²) in [7, 11) is 0. The zero-order valence-electron chi connectivity index (χ0n) is 31.0. The lowest BCUT2D eigenvalue weighted by Gasteiger charge is -2.49. The van der Waals surface area contributed by atoms with E-state index in [0.717, 1.165) is 39.2 Å². The van der Waals surface area contributed by atoms with Gasteiger partial charge in [0.05, 0.1) is 0 Å². The third-order valence-corrected chi connectivity index (χ3v) is 11.9. The van der Waals surface area contributed by atoms with Gasteiger partial charge in [-0.25, -0.2) is 9.78 Å². The van der Waals surface area contributed by atoms with Crippen molar-refractivity contribution in [2.24, 2.45) is 5.16 Å². The van der Waals surface area contributed by atoms with Crippen LogP contribution in [0.5, 0.6) is 0 Å². The van der Waals surface area contributed by atoms with Crippen LogP contribution in [-0.4, -0.2) is 50.5 Å². The molecule has 8 rings (SSSR count). The predicted molar refractivity (Wildman–Crippen MR) is 226 cm³/mol. The van der Waals surface area contributed by atoms with E-state index in [9.17, 15) is 14.4 Å². The first-order valence-corrected chi connectivity index (χ1v) is 20.4. The standard InChI is InChI=1S/C46H37N5O5S2/c1-2-30-28-57-43-38(42(53)51(43)39(30)44(54)55-40(31-18-8-3-9-19-31)32-20-10-4-11-21-32)49-41(52)37(36-29-58-45(47)48-36)50-56-46(33-22-12-5-13-23-33,34-24-14-6-15-25-34)35-26-16-7-17-27-35/h2-27,29,38,40,43H,1,28H2,(H2,47,48)(H,49,52)/b50-37-/t38?,43-/m1/s1. The van der Waals surface area contributed by atoms with Crippen LogP contribution >= 0.6 is 23.1 Å². The summed E-state index contributed by atoms with van der Waals surface area (Å²) in [5.74, 6) is -1.51. The number of nitrogens with one attached hydrogen (secondary N) is 1. The number of ether oxygens (including phenoxy) is 1. The molecule has 2 aliphatic heterocycles. The number of benzene rings is 5. The number of nitrogens with two attached hydrogens (primary N) is 1. The number of esters is 1. The number of carbonyl (C=O) groups excluding carboxylic acids is 3. The average molecular weight is 804 g/mol. The maximum atomic E-state index is 14.4. The lowest BCUT2D eigenvalue weighted by Crippen LogP contribution is -2.71. The molecule has 3 N–H and O–H groups in total.